The molecule has 1 unspecified atom stereocenters. The van der Waals surface area contributed by atoms with Gasteiger partial charge < -0.3 is 5.32 Å². The van der Waals surface area contributed by atoms with Crippen molar-refractivity contribution < 1.29 is 14.4 Å². The number of nitrogens with one attached hydrogen (secondary N) is 2. The highest BCUT2D eigenvalue weighted by Gasteiger charge is 2.42. The zero-order valence-electron chi connectivity index (χ0n) is 12.3. The summed E-state index contributed by atoms with van der Waals surface area (Å²) in [6.07, 6.45) is 7.48. The Morgan fingerprint density at radius 2 is 1.81 bits per heavy atom. The van der Waals surface area contributed by atoms with E-state index >= 15 is 0 Å². The first-order chi connectivity index (χ1) is 10.1. The van der Waals surface area contributed by atoms with Gasteiger partial charge in [0.25, 0.3) is 0 Å². The number of carbonyl (C=O) groups is 3. The number of carbonyl (C=O) groups excluding carboxylic acids is 3. The Morgan fingerprint density at radius 3 is 2.48 bits per heavy atom. The first-order valence-electron chi connectivity index (χ1n) is 8.04. The topological polar surface area (TPSA) is 78.5 Å². The average Bonchev–Trinajstić information content (AvgIpc) is 3.23. The molecule has 0 aromatic carbocycles. The molecule has 6 nitrogen and oxygen atoms in total. The lowest BCUT2D eigenvalue weighted by molar-refractivity contribution is -0.142. The summed E-state index contributed by atoms with van der Waals surface area (Å²) in [7, 11) is 0. The molecule has 116 valence electrons. The third-order valence-electron chi connectivity index (χ3n) is 4.57. The third kappa shape index (κ3) is 3.43. The smallest absolute Gasteiger partial charge is 0.247 e. The van der Waals surface area contributed by atoms with Crippen LogP contribution in [0.15, 0.2) is 0 Å². The summed E-state index contributed by atoms with van der Waals surface area (Å²) in [5, 5.41) is 5.81. The maximum atomic E-state index is 12.4. The molecule has 1 saturated heterocycles. The van der Waals surface area contributed by atoms with Gasteiger partial charge in [0.05, 0.1) is 19.0 Å². The standard InChI is InChI=1S/C15H23N3O3/c19-13(17-10-6-7-10)9-16-12-8-14(20)18(15(12)21)11-4-2-1-3-5-11/h10-12,16H,1-9H2,(H,17,19). The van der Waals surface area contributed by atoms with Crippen LogP contribution in [0, 0.1) is 0 Å². The van der Waals surface area contributed by atoms with Crippen LogP contribution in [0.5, 0.6) is 0 Å². The van der Waals surface area contributed by atoms with E-state index in [2.05, 4.69) is 10.6 Å². The molecule has 0 spiro atoms. The van der Waals surface area contributed by atoms with Crippen LogP contribution in [-0.4, -0.2) is 47.3 Å². The van der Waals surface area contributed by atoms with Gasteiger partial charge >= 0.3 is 0 Å². The molecule has 0 aromatic heterocycles. The van der Waals surface area contributed by atoms with Crippen molar-refractivity contribution in [2.24, 2.45) is 0 Å². The lowest BCUT2D eigenvalue weighted by Crippen LogP contribution is -2.46. The van der Waals surface area contributed by atoms with Crippen molar-refractivity contribution in [2.75, 3.05) is 6.54 Å². The normalized spacial score (nSPS) is 27.2. The monoisotopic (exact) mass is 293 g/mol. The second-order valence-corrected chi connectivity index (χ2v) is 6.37. The van der Waals surface area contributed by atoms with Crippen LogP contribution in [0.25, 0.3) is 0 Å². The highest BCUT2D eigenvalue weighted by molar-refractivity contribution is 6.06. The Morgan fingerprint density at radius 1 is 1.10 bits per heavy atom. The number of likely N-dealkylation sites (tertiary alicyclic amines) is 1. The van der Waals surface area contributed by atoms with Crippen molar-refractivity contribution in [1.29, 1.82) is 0 Å². The summed E-state index contributed by atoms with van der Waals surface area (Å²) >= 11 is 0. The van der Waals surface area contributed by atoms with Crippen LogP contribution in [0.4, 0.5) is 0 Å². The minimum absolute atomic E-state index is 0.0749. The molecule has 1 aliphatic heterocycles. The molecule has 1 heterocycles. The van der Waals surface area contributed by atoms with E-state index in [9.17, 15) is 14.4 Å². The van der Waals surface area contributed by atoms with Gasteiger partial charge in [-0.15, -0.1) is 0 Å². The molecule has 0 radical (unpaired) electrons. The second-order valence-electron chi connectivity index (χ2n) is 6.37. The maximum Gasteiger partial charge on any atom is 0.247 e. The fourth-order valence-electron chi connectivity index (χ4n) is 3.26. The van der Waals surface area contributed by atoms with Gasteiger partial charge in [-0.05, 0) is 25.7 Å². The van der Waals surface area contributed by atoms with Gasteiger partial charge in [0.1, 0.15) is 0 Å². The largest absolute Gasteiger partial charge is 0.352 e. The van der Waals surface area contributed by atoms with Crippen LogP contribution in [0.3, 0.4) is 0 Å². The number of rotatable bonds is 5. The van der Waals surface area contributed by atoms with Gasteiger partial charge in [0.15, 0.2) is 0 Å². The third-order valence-corrected chi connectivity index (χ3v) is 4.57. The van der Waals surface area contributed by atoms with Crippen LogP contribution < -0.4 is 10.6 Å². The molecule has 3 amide bonds. The molecule has 6 heteroatoms. The van der Waals surface area contributed by atoms with Gasteiger partial charge in [-0.1, -0.05) is 19.3 Å². The Bertz CT molecular complexity index is 441. The SMILES string of the molecule is O=C(CNC1CC(=O)N(C2CCCCC2)C1=O)NC1CC1. The lowest BCUT2D eigenvalue weighted by atomic mass is 9.94. The zero-order chi connectivity index (χ0) is 14.8. The second kappa shape index (κ2) is 6.13. The lowest BCUT2D eigenvalue weighted by Gasteiger charge is -2.29. The van der Waals surface area contributed by atoms with Crippen molar-refractivity contribution >= 4 is 17.7 Å². The average molecular weight is 293 g/mol. The van der Waals surface area contributed by atoms with Gasteiger partial charge in [-0.25, -0.2) is 0 Å². The van der Waals surface area contributed by atoms with Gasteiger partial charge in [-0.2, -0.15) is 0 Å². The number of hydrogen-bond donors (Lipinski definition) is 2. The van der Waals surface area contributed by atoms with Crippen molar-refractivity contribution in [3.05, 3.63) is 0 Å². The van der Waals surface area contributed by atoms with Crippen molar-refractivity contribution in [2.45, 2.75) is 69.5 Å². The molecule has 1 atom stereocenters. The Hall–Kier alpha value is -1.43. The Kier molecular flexibility index (Phi) is 4.24. The molecular weight excluding hydrogens is 270 g/mol. The predicted octanol–water partition coefficient (Wildman–Crippen LogP) is 0.315. The molecule has 0 bridgehead atoms. The maximum absolute atomic E-state index is 12.4. The molecule has 2 saturated carbocycles. The molecular formula is C15H23N3O3. The first kappa shape index (κ1) is 14.5. The minimum Gasteiger partial charge on any atom is -0.352 e. The number of amides is 3. The van der Waals surface area contributed by atoms with Crippen LogP contribution in [-0.2, 0) is 14.4 Å². The van der Waals surface area contributed by atoms with Crippen molar-refractivity contribution in [1.82, 2.24) is 15.5 Å². The fourth-order valence-corrected chi connectivity index (χ4v) is 3.26. The van der Waals surface area contributed by atoms with E-state index in [0.29, 0.717) is 6.04 Å². The summed E-state index contributed by atoms with van der Waals surface area (Å²) in [5.74, 6) is -0.327. The minimum atomic E-state index is -0.524. The van der Waals surface area contributed by atoms with Crippen molar-refractivity contribution in [3.8, 4) is 0 Å². The first-order valence-corrected chi connectivity index (χ1v) is 8.04. The summed E-state index contributed by atoms with van der Waals surface area (Å²) in [5.41, 5.74) is 0. The van der Waals surface area contributed by atoms with E-state index in [4.69, 9.17) is 0 Å². The molecule has 2 N–H and O–H groups in total. The quantitative estimate of drug-likeness (QED) is 0.715. The molecule has 3 fully saturated rings. The fraction of sp³-hybridized carbons (Fsp3) is 0.800. The summed E-state index contributed by atoms with van der Waals surface area (Å²) < 4.78 is 0. The van der Waals surface area contributed by atoms with E-state index in [1.54, 1.807) is 0 Å². The van der Waals surface area contributed by atoms with Crippen molar-refractivity contribution in [3.63, 3.8) is 0 Å². The van der Waals surface area contributed by atoms with E-state index in [1.807, 2.05) is 0 Å². The molecule has 21 heavy (non-hydrogen) atoms. The van der Waals surface area contributed by atoms with Gasteiger partial charge in [-0.3, -0.25) is 24.6 Å². The molecule has 0 aromatic rings. The summed E-state index contributed by atoms with van der Waals surface area (Å²) in [6.45, 7) is 0.110. The summed E-state index contributed by atoms with van der Waals surface area (Å²) in [4.78, 5) is 37.6. The Labute approximate surface area is 124 Å². The predicted molar refractivity (Wildman–Crippen MR) is 76.3 cm³/mol. The zero-order valence-corrected chi connectivity index (χ0v) is 12.3. The summed E-state index contributed by atoms with van der Waals surface area (Å²) in [6, 6.07) is -0.130. The van der Waals surface area contributed by atoms with E-state index in [-0.39, 0.29) is 36.7 Å². The van der Waals surface area contributed by atoms with Crippen LogP contribution in [0.1, 0.15) is 51.4 Å². The van der Waals surface area contributed by atoms with Gasteiger partial charge in [0, 0.05) is 12.1 Å². The molecule has 3 aliphatic rings. The van der Waals surface area contributed by atoms with Crippen LogP contribution >= 0.6 is 0 Å². The van der Waals surface area contributed by atoms with E-state index in [1.165, 1.54) is 11.3 Å². The van der Waals surface area contributed by atoms with E-state index in [0.717, 1.165) is 38.5 Å². The Balaban J connectivity index is 1.51. The highest BCUT2D eigenvalue weighted by atomic mass is 16.2. The molecule has 2 aliphatic carbocycles. The number of nitrogens with zero attached hydrogens (tertiary/aromatic N) is 1. The van der Waals surface area contributed by atoms with E-state index < -0.39 is 6.04 Å². The van der Waals surface area contributed by atoms with Crippen LogP contribution in [0.2, 0.25) is 0 Å². The number of imide groups is 1. The highest BCUT2D eigenvalue weighted by Crippen LogP contribution is 2.27. The molecule has 3 rings (SSSR count). The van der Waals surface area contributed by atoms with Gasteiger partial charge in [0.2, 0.25) is 17.7 Å². The number of hydrogen-bond acceptors (Lipinski definition) is 4.